The number of piperidine rings is 1. The monoisotopic (exact) mass is 562 g/mol. The molecule has 0 radical (unpaired) electrons. The van der Waals surface area contributed by atoms with Crippen molar-refractivity contribution in [2.45, 2.75) is 108 Å². The number of hydrogen-bond donors (Lipinski definition) is 2. The van der Waals surface area contributed by atoms with E-state index in [0.29, 0.717) is 12.6 Å². The van der Waals surface area contributed by atoms with Gasteiger partial charge in [-0.25, -0.2) is 0 Å². The second-order valence-electron chi connectivity index (χ2n) is 13.0. The van der Waals surface area contributed by atoms with E-state index in [1.54, 1.807) is 4.90 Å². The Morgan fingerprint density at radius 1 is 0.976 bits per heavy atom. The molecule has 3 amide bonds. The zero-order valence-electron chi connectivity index (χ0n) is 24.9. The van der Waals surface area contributed by atoms with E-state index in [1.165, 1.54) is 19.3 Å². The molecule has 1 saturated carbocycles. The van der Waals surface area contributed by atoms with Crippen LogP contribution in [0.4, 0.5) is 5.69 Å². The maximum Gasteiger partial charge on any atom is 0.246 e. The van der Waals surface area contributed by atoms with Gasteiger partial charge in [0.15, 0.2) is 0 Å². The summed E-state index contributed by atoms with van der Waals surface area (Å²) in [7, 11) is 0. The third-order valence-electron chi connectivity index (χ3n) is 10.2. The van der Waals surface area contributed by atoms with E-state index in [-0.39, 0.29) is 23.8 Å². The highest BCUT2D eigenvalue weighted by molar-refractivity contribution is 6.02. The zero-order valence-corrected chi connectivity index (χ0v) is 24.9. The molecule has 6 rings (SSSR count). The highest BCUT2D eigenvalue weighted by Gasteiger charge is 2.72. The second-order valence-corrected chi connectivity index (χ2v) is 13.0. The maximum atomic E-state index is 14.3. The molecular formula is C33H46N4O4. The Morgan fingerprint density at radius 3 is 2.44 bits per heavy atom. The predicted octanol–water partition coefficient (Wildman–Crippen LogP) is 4.11. The Labute approximate surface area is 244 Å². The van der Waals surface area contributed by atoms with Crippen molar-refractivity contribution >= 4 is 23.4 Å². The van der Waals surface area contributed by atoms with Gasteiger partial charge >= 0.3 is 0 Å². The minimum Gasteiger partial charge on any atom is -0.359 e. The summed E-state index contributed by atoms with van der Waals surface area (Å²) in [5.74, 6) is -1.89. The Balaban J connectivity index is 1.27. The smallest absolute Gasteiger partial charge is 0.246 e. The van der Waals surface area contributed by atoms with Crippen LogP contribution in [-0.4, -0.2) is 77.0 Å². The predicted molar refractivity (Wildman–Crippen MR) is 158 cm³/mol. The lowest BCUT2D eigenvalue weighted by Gasteiger charge is -2.38. The highest BCUT2D eigenvalue weighted by Crippen LogP contribution is 2.55. The first kappa shape index (κ1) is 28.4. The van der Waals surface area contributed by atoms with Crippen LogP contribution in [0.15, 0.2) is 30.4 Å². The number of carbonyl (C=O) groups excluding carboxylic acids is 3. The average Bonchev–Trinajstić information content (AvgIpc) is 3.59. The number of rotatable bonds is 8. The molecule has 4 heterocycles. The van der Waals surface area contributed by atoms with Gasteiger partial charge in [0.2, 0.25) is 17.7 Å². The molecule has 5 aliphatic rings. The lowest BCUT2D eigenvalue weighted by molar-refractivity contribution is -0.141. The van der Waals surface area contributed by atoms with E-state index < -0.39 is 29.6 Å². The summed E-state index contributed by atoms with van der Waals surface area (Å²) >= 11 is 0. The summed E-state index contributed by atoms with van der Waals surface area (Å²) in [6.07, 6.45) is 13.3. The molecule has 2 bridgehead atoms. The van der Waals surface area contributed by atoms with Gasteiger partial charge in [-0.1, -0.05) is 50.8 Å². The van der Waals surface area contributed by atoms with Gasteiger partial charge in [-0.2, -0.15) is 0 Å². The van der Waals surface area contributed by atoms with Crippen LogP contribution in [0.1, 0.15) is 75.8 Å². The van der Waals surface area contributed by atoms with Crippen LogP contribution in [-0.2, 0) is 19.1 Å². The van der Waals surface area contributed by atoms with Crippen molar-refractivity contribution in [3.8, 4) is 0 Å². The molecule has 222 valence electrons. The topological polar surface area (TPSA) is 91.0 Å². The number of ether oxygens (including phenoxy) is 1. The molecule has 6 unspecified atom stereocenters. The number of carbonyl (C=O) groups is 3. The number of hydrogen-bond acceptors (Lipinski definition) is 5. The van der Waals surface area contributed by atoms with Gasteiger partial charge in [0.05, 0.1) is 17.9 Å². The first-order chi connectivity index (χ1) is 19.8. The van der Waals surface area contributed by atoms with Crippen molar-refractivity contribution in [3.05, 3.63) is 41.5 Å². The largest absolute Gasteiger partial charge is 0.359 e. The van der Waals surface area contributed by atoms with Gasteiger partial charge in [0.25, 0.3) is 0 Å². The van der Waals surface area contributed by atoms with E-state index in [0.717, 1.165) is 68.4 Å². The Kier molecular flexibility index (Phi) is 7.98. The fourth-order valence-electron chi connectivity index (χ4n) is 8.36. The lowest BCUT2D eigenvalue weighted by atomic mass is 9.74. The minimum atomic E-state index is -1.11. The van der Waals surface area contributed by atoms with E-state index in [2.05, 4.69) is 28.5 Å². The SMILES string of the molecule is CCC1CCCCN1CCN1C(=O)C2C(C(=O)Nc3cc(C)cc(C)c3)C3C=CC2(O3)C1C(=O)NC1CCCCC1. The van der Waals surface area contributed by atoms with Crippen molar-refractivity contribution in [1.29, 1.82) is 0 Å². The van der Waals surface area contributed by atoms with Gasteiger partial charge in [-0.15, -0.1) is 0 Å². The van der Waals surface area contributed by atoms with Crippen LogP contribution in [0.3, 0.4) is 0 Å². The van der Waals surface area contributed by atoms with Crippen LogP contribution in [0.25, 0.3) is 0 Å². The van der Waals surface area contributed by atoms with Crippen molar-refractivity contribution in [1.82, 2.24) is 15.1 Å². The van der Waals surface area contributed by atoms with Gasteiger partial charge in [0.1, 0.15) is 11.6 Å². The first-order valence-corrected chi connectivity index (χ1v) is 15.9. The van der Waals surface area contributed by atoms with Crippen LogP contribution in [0, 0.1) is 25.7 Å². The molecule has 8 heteroatoms. The molecular weight excluding hydrogens is 516 g/mol. The van der Waals surface area contributed by atoms with E-state index in [9.17, 15) is 14.4 Å². The number of likely N-dealkylation sites (tertiary alicyclic amines) is 2. The van der Waals surface area contributed by atoms with Gasteiger partial charge < -0.3 is 20.3 Å². The van der Waals surface area contributed by atoms with Gasteiger partial charge in [-0.3, -0.25) is 19.3 Å². The van der Waals surface area contributed by atoms with Gasteiger partial charge in [-0.05, 0) is 75.8 Å². The van der Waals surface area contributed by atoms with Crippen molar-refractivity contribution in [2.75, 3.05) is 25.0 Å². The fourth-order valence-corrected chi connectivity index (χ4v) is 8.36. The number of fused-ring (bicyclic) bond motifs is 1. The van der Waals surface area contributed by atoms with Crippen LogP contribution in [0.2, 0.25) is 0 Å². The number of amides is 3. The third-order valence-corrected chi connectivity index (χ3v) is 10.2. The second kappa shape index (κ2) is 11.5. The van der Waals surface area contributed by atoms with E-state index >= 15 is 0 Å². The number of nitrogens with zero attached hydrogens (tertiary/aromatic N) is 2. The summed E-state index contributed by atoms with van der Waals surface area (Å²) in [6, 6.07) is 5.81. The van der Waals surface area contributed by atoms with E-state index in [4.69, 9.17) is 4.74 Å². The van der Waals surface area contributed by atoms with Crippen LogP contribution in [0.5, 0.6) is 0 Å². The lowest BCUT2D eigenvalue weighted by Crippen LogP contribution is -2.57. The fraction of sp³-hybridized carbons (Fsp3) is 0.667. The Hall–Kier alpha value is -2.71. The quantitative estimate of drug-likeness (QED) is 0.466. The molecule has 0 aromatic heterocycles. The zero-order chi connectivity index (χ0) is 28.7. The molecule has 8 nitrogen and oxygen atoms in total. The number of nitrogens with one attached hydrogen (secondary N) is 2. The molecule has 1 aromatic carbocycles. The standard InChI is InChI=1S/C33H46N4O4/c1-4-25-12-8-9-15-36(25)16-17-37-29(31(39)34-23-10-6-5-7-11-23)33-14-13-26(41-33)27(28(33)32(37)40)30(38)35-24-19-21(2)18-22(3)20-24/h13-14,18-20,23,25-29H,4-12,15-17H2,1-3H3,(H,34,39)(H,35,38). The normalized spacial score (nSPS) is 33.3. The molecule has 2 N–H and O–H groups in total. The molecule has 4 aliphatic heterocycles. The van der Waals surface area contributed by atoms with Gasteiger partial charge in [0, 0.05) is 30.9 Å². The average molecular weight is 563 g/mol. The summed E-state index contributed by atoms with van der Waals surface area (Å²) in [5.41, 5.74) is 1.73. The van der Waals surface area contributed by atoms with Crippen molar-refractivity contribution in [2.24, 2.45) is 11.8 Å². The molecule has 1 aromatic rings. The summed E-state index contributed by atoms with van der Waals surface area (Å²) in [6.45, 7) is 8.44. The number of aryl methyl sites for hydroxylation is 2. The molecule has 41 heavy (non-hydrogen) atoms. The summed E-state index contributed by atoms with van der Waals surface area (Å²) in [5, 5.41) is 6.36. The number of benzene rings is 1. The molecule has 3 saturated heterocycles. The highest BCUT2D eigenvalue weighted by atomic mass is 16.5. The Bertz CT molecular complexity index is 1190. The van der Waals surface area contributed by atoms with Crippen LogP contribution < -0.4 is 10.6 Å². The molecule has 1 aliphatic carbocycles. The third kappa shape index (κ3) is 5.22. The van der Waals surface area contributed by atoms with Crippen molar-refractivity contribution < 1.29 is 19.1 Å². The summed E-state index contributed by atoms with van der Waals surface area (Å²) < 4.78 is 6.55. The van der Waals surface area contributed by atoms with Crippen LogP contribution >= 0.6 is 0 Å². The molecule has 6 atom stereocenters. The van der Waals surface area contributed by atoms with Crippen molar-refractivity contribution in [3.63, 3.8) is 0 Å². The van der Waals surface area contributed by atoms with E-state index in [1.807, 2.05) is 38.1 Å². The number of anilines is 1. The first-order valence-electron chi connectivity index (χ1n) is 15.9. The molecule has 4 fully saturated rings. The Morgan fingerprint density at radius 2 is 1.71 bits per heavy atom. The maximum absolute atomic E-state index is 14.3. The minimum absolute atomic E-state index is 0.126. The summed E-state index contributed by atoms with van der Waals surface area (Å²) in [4.78, 5) is 46.4. The molecule has 1 spiro atoms.